The highest BCUT2D eigenvalue weighted by atomic mass is 16.5. The maximum absolute atomic E-state index is 11.7. The van der Waals surface area contributed by atoms with Crippen LogP contribution >= 0.6 is 0 Å². The van der Waals surface area contributed by atoms with Crippen molar-refractivity contribution in [2.24, 2.45) is 11.5 Å². The highest BCUT2D eigenvalue weighted by molar-refractivity contribution is 5.76. The van der Waals surface area contributed by atoms with E-state index in [9.17, 15) is 4.79 Å². The number of amides is 1. The molecule has 26 heavy (non-hydrogen) atoms. The van der Waals surface area contributed by atoms with Gasteiger partial charge in [-0.3, -0.25) is 4.79 Å². The van der Waals surface area contributed by atoms with Crippen LogP contribution in [0.1, 0.15) is 20.3 Å². The Kier molecular flexibility index (Phi) is 18.4. The van der Waals surface area contributed by atoms with Gasteiger partial charge in [0.2, 0.25) is 5.91 Å². The largest absolute Gasteiger partial charge is 0.378 e. The Bertz CT molecular complexity index is 319. The van der Waals surface area contributed by atoms with Gasteiger partial charge in [-0.15, -0.1) is 0 Å². The quantitative estimate of drug-likeness (QED) is 0.124. The standard InChI is InChI=1S/C17H41N7O2/c1-15(19)13-26-14-16(2)23-5-3-17(25)24-12-11-22-10-9-21-8-7-20-6-4-18/h15-16,20-23H,3-14,18-19H2,1-2H3,(H,24,25). The Morgan fingerprint density at radius 1 is 0.885 bits per heavy atom. The lowest BCUT2D eigenvalue weighted by Crippen LogP contribution is -2.38. The van der Waals surface area contributed by atoms with E-state index in [1.807, 2.05) is 13.8 Å². The molecule has 0 bridgehead atoms. The van der Waals surface area contributed by atoms with Crippen molar-refractivity contribution in [3.05, 3.63) is 0 Å². The summed E-state index contributed by atoms with van der Waals surface area (Å²) >= 11 is 0. The van der Waals surface area contributed by atoms with Gasteiger partial charge in [-0.05, 0) is 13.8 Å². The summed E-state index contributed by atoms with van der Waals surface area (Å²) in [5.41, 5.74) is 11.0. The predicted octanol–water partition coefficient (Wildman–Crippen LogP) is -2.44. The van der Waals surface area contributed by atoms with E-state index in [0.717, 1.165) is 39.3 Å². The Labute approximate surface area is 158 Å². The third-order valence-corrected chi connectivity index (χ3v) is 3.50. The molecule has 2 unspecified atom stereocenters. The Balaban J connectivity index is 3.29. The van der Waals surface area contributed by atoms with E-state index in [2.05, 4.69) is 26.6 Å². The third-order valence-electron chi connectivity index (χ3n) is 3.50. The van der Waals surface area contributed by atoms with Crippen LogP contribution in [0.4, 0.5) is 0 Å². The number of nitrogens with one attached hydrogen (secondary N) is 5. The molecule has 0 heterocycles. The van der Waals surface area contributed by atoms with Crippen molar-refractivity contribution in [3.8, 4) is 0 Å². The summed E-state index contributed by atoms with van der Waals surface area (Å²) in [7, 11) is 0. The monoisotopic (exact) mass is 375 g/mol. The van der Waals surface area contributed by atoms with Crippen LogP contribution in [0.15, 0.2) is 0 Å². The van der Waals surface area contributed by atoms with E-state index in [1.54, 1.807) is 0 Å². The topological polar surface area (TPSA) is 138 Å². The van der Waals surface area contributed by atoms with Crippen molar-refractivity contribution in [1.82, 2.24) is 26.6 Å². The molecule has 0 aliphatic rings. The highest BCUT2D eigenvalue weighted by Crippen LogP contribution is 1.87. The van der Waals surface area contributed by atoms with E-state index >= 15 is 0 Å². The van der Waals surface area contributed by atoms with E-state index in [4.69, 9.17) is 16.2 Å². The van der Waals surface area contributed by atoms with E-state index < -0.39 is 0 Å². The molecule has 9 N–H and O–H groups in total. The zero-order valence-electron chi connectivity index (χ0n) is 16.6. The van der Waals surface area contributed by atoms with Gasteiger partial charge in [0.1, 0.15) is 0 Å². The van der Waals surface area contributed by atoms with Gasteiger partial charge >= 0.3 is 0 Å². The first-order valence-electron chi connectivity index (χ1n) is 9.71. The lowest BCUT2D eigenvalue weighted by molar-refractivity contribution is -0.121. The average molecular weight is 376 g/mol. The summed E-state index contributed by atoms with van der Waals surface area (Å²) in [6.45, 7) is 12.3. The fourth-order valence-corrected chi connectivity index (χ4v) is 2.13. The van der Waals surface area contributed by atoms with Gasteiger partial charge < -0.3 is 42.8 Å². The number of carbonyl (C=O) groups is 1. The molecule has 0 spiro atoms. The molecule has 156 valence electrons. The maximum atomic E-state index is 11.7. The van der Waals surface area contributed by atoms with Gasteiger partial charge in [0.25, 0.3) is 0 Å². The molecule has 2 atom stereocenters. The molecule has 9 heteroatoms. The van der Waals surface area contributed by atoms with Crippen LogP contribution in [-0.4, -0.2) is 90.1 Å². The first-order chi connectivity index (χ1) is 12.6. The van der Waals surface area contributed by atoms with Crippen LogP contribution < -0.4 is 38.1 Å². The summed E-state index contributed by atoms with van der Waals surface area (Å²) in [5, 5.41) is 16.0. The average Bonchev–Trinajstić information content (AvgIpc) is 2.59. The van der Waals surface area contributed by atoms with Crippen LogP contribution in [0.25, 0.3) is 0 Å². The van der Waals surface area contributed by atoms with Crippen molar-refractivity contribution in [2.75, 3.05) is 72.1 Å². The smallest absolute Gasteiger partial charge is 0.221 e. The van der Waals surface area contributed by atoms with Crippen molar-refractivity contribution >= 4 is 5.91 Å². The molecular weight excluding hydrogens is 334 g/mol. The van der Waals surface area contributed by atoms with Crippen LogP contribution in [-0.2, 0) is 9.53 Å². The zero-order valence-corrected chi connectivity index (χ0v) is 16.6. The van der Waals surface area contributed by atoms with Gasteiger partial charge in [-0.1, -0.05) is 0 Å². The molecule has 9 nitrogen and oxygen atoms in total. The molecule has 0 saturated heterocycles. The minimum absolute atomic E-state index is 0.0516. The second kappa shape index (κ2) is 19.0. The number of carbonyl (C=O) groups excluding carboxylic acids is 1. The Morgan fingerprint density at radius 2 is 1.46 bits per heavy atom. The summed E-state index contributed by atoms with van der Waals surface area (Å²) in [4.78, 5) is 11.7. The summed E-state index contributed by atoms with van der Waals surface area (Å²) in [6, 6.07) is 0.261. The molecule has 0 aromatic rings. The number of hydrogen-bond acceptors (Lipinski definition) is 8. The molecule has 0 radical (unpaired) electrons. The molecule has 0 aliphatic heterocycles. The highest BCUT2D eigenvalue weighted by Gasteiger charge is 2.05. The lowest BCUT2D eigenvalue weighted by Gasteiger charge is -2.15. The van der Waals surface area contributed by atoms with Gasteiger partial charge in [0.15, 0.2) is 0 Å². The minimum atomic E-state index is 0.0516. The van der Waals surface area contributed by atoms with Crippen LogP contribution in [0.3, 0.4) is 0 Å². The molecule has 0 aliphatic carbocycles. The van der Waals surface area contributed by atoms with E-state index in [0.29, 0.717) is 39.3 Å². The number of rotatable bonds is 19. The first-order valence-corrected chi connectivity index (χ1v) is 9.71. The van der Waals surface area contributed by atoms with Crippen molar-refractivity contribution in [3.63, 3.8) is 0 Å². The molecule has 0 aromatic heterocycles. The normalized spacial score (nSPS) is 13.5. The molecule has 0 rings (SSSR count). The fourth-order valence-electron chi connectivity index (χ4n) is 2.13. The molecule has 1 amide bonds. The second-order valence-corrected chi connectivity index (χ2v) is 6.51. The maximum Gasteiger partial charge on any atom is 0.221 e. The van der Waals surface area contributed by atoms with Gasteiger partial charge in [0, 0.05) is 77.4 Å². The van der Waals surface area contributed by atoms with E-state index in [-0.39, 0.29) is 18.0 Å². The minimum Gasteiger partial charge on any atom is -0.378 e. The number of nitrogens with two attached hydrogens (primary N) is 2. The van der Waals surface area contributed by atoms with Crippen LogP contribution in [0.5, 0.6) is 0 Å². The Morgan fingerprint density at radius 3 is 2.04 bits per heavy atom. The summed E-state index contributed by atoms with van der Waals surface area (Å²) in [6.07, 6.45) is 0.467. The first kappa shape index (κ1) is 25.2. The molecular formula is C17H41N7O2. The predicted molar refractivity (Wildman–Crippen MR) is 107 cm³/mol. The van der Waals surface area contributed by atoms with Crippen molar-refractivity contribution < 1.29 is 9.53 Å². The van der Waals surface area contributed by atoms with Crippen molar-refractivity contribution in [2.45, 2.75) is 32.4 Å². The zero-order chi connectivity index (χ0) is 19.5. The fraction of sp³-hybridized carbons (Fsp3) is 0.941. The van der Waals surface area contributed by atoms with E-state index in [1.165, 1.54) is 0 Å². The molecule has 0 aromatic carbocycles. The lowest BCUT2D eigenvalue weighted by atomic mass is 10.3. The van der Waals surface area contributed by atoms with Gasteiger partial charge in [-0.2, -0.15) is 0 Å². The number of ether oxygens (including phenoxy) is 1. The van der Waals surface area contributed by atoms with Gasteiger partial charge in [-0.25, -0.2) is 0 Å². The Hall–Kier alpha value is -0.810. The SMILES string of the molecule is CC(N)COCC(C)NCCC(=O)NCCNCCNCCNCCN. The van der Waals surface area contributed by atoms with Crippen molar-refractivity contribution in [1.29, 1.82) is 0 Å². The summed E-state index contributed by atoms with van der Waals surface area (Å²) in [5.74, 6) is 0.0621. The van der Waals surface area contributed by atoms with Gasteiger partial charge in [0.05, 0.1) is 13.2 Å². The molecule has 0 saturated carbocycles. The second-order valence-electron chi connectivity index (χ2n) is 6.51. The van der Waals surface area contributed by atoms with Crippen LogP contribution in [0.2, 0.25) is 0 Å². The molecule has 0 fully saturated rings. The van der Waals surface area contributed by atoms with Crippen LogP contribution in [0, 0.1) is 0 Å². The summed E-state index contributed by atoms with van der Waals surface area (Å²) < 4.78 is 5.45. The number of hydrogen-bond donors (Lipinski definition) is 7. The third kappa shape index (κ3) is 19.5.